The minimum atomic E-state index is 0.120. The summed E-state index contributed by atoms with van der Waals surface area (Å²) >= 11 is 0. The fourth-order valence-corrected chi connectivity index (χ4v) is 2.46. The number of aliphatic hydroxyl groups excluding tert-OH is 1. The van der Waals surface area contributed by atoms with Crippen LogP contribution in [0.2, 0.25) is 0 Å². The predicted molar refractivity (Wildman–Crippen MR) is 59.4 cm³/mol. The van der Waals surface area contributed by atoms with Crippen LogP contribution in [0.25, 0.3) is 0 Å². The Morgan fingerprint density at radius 1 is 1.57 bits per heavy atom. The molecule has 82 valence electrons. The zero-order chi connectivity index (χ0) is 10.8. The molecule has 1 aliphatic rings. The Labute approximate surface area is 87.0 Å². The van der Waals surface area contributed by atoms with E-state index in [4.69, 9.17) is 0 Å². The molecule has 1 saturated heterocycles. The van der Waals surface area contributed by atoms with Crippen molar-refractivity contribution in [2.75, 3.05) is 33.3 Å². The quantitative estimate of drug-likeness (QED) is 0.671. The van der Waals surface area contributed by atoms with Crippen LogP contribution in [0.1, 0.15) is 13.8 Å². The first-order chi connectivity index (χ1) is 6.51. The SMILES string of the molecule is C=CCN1C(CO)CN(C)CC1(C)C. The van der Waals surface area contributed by atoms with E-state index in [1.807, 2.05) is 6.08 Å². The third-order valence-corrected chi connectivity index (χ3v) is 2.93. The molecule has 1 rings (SSSR count). The Morgan fingerprint density at radius 2 is 2.21 bits per heavy atom. The second-order valence-corrected chi connectivity index (χ2v) is 4.79. The molecule has 14 heavy (non-hydrogen) atoms. The van der Waals surface area contributed by atoms with Crippen molar-refractivity contribution in [1.82, 2.24) is 9.80 Å². The van der Waals surface area contributed by atoms with E-state index < -0.39 is 0 Å². The molecule has 1 fully saturated rings. The van der Waals surface area contributed by atoms with E-state index in [1.54, 1.807) is 0 Å². The van der Waals surface area contributed by atoms with Gasteiger partial charge >= 0.3 is 0 Å². The summed E-state index contributed by atoms with van der Waals surface area (Å²) in [5.74, 6) is 0. The van der Waals surface area contributed by atoms with Crippen molar-refractivity contribution in [2.45, 2.75) is 25.4 Å². The van der Waals surface area contributed by atoms with Gasteiger partial charge in [0.15, 0.2) is 0 Å². The van der Waals surface area contributed by atoms with Crippen molar-refractivity contribution in [1.29, 1.82) is 0 Å². The molecule has 0 aromatic carbocycles. The van der Waals surface area contributed by atoms with E-state index in [0.717, 1.165) is 19.6 Å². The Kier molecular flexibility index (Phi) is 3.70. The van der Waals surface area contributed by atoms with Gasteiger partial charge in [-0.15, -0.1) is 6.58 Å². The van der Waals surface area contributed by atoms with E-state index in [0.29, 0.717) is 0 Å². The Balaban J connectivity index is 2.77. The van der Waals surface area contributed by atoms with E-state index in [-0.39, 0.29) is 18.2 Å². The van der Waals surface area contributed by atoms with Crippen molar-refractivity contribution in [2.24, 2.45) is 0 Å². The van der Waals surface area contributed by atoms with Crippen molar-refractivity contribution in [3.63, 3.8) is 0 Å². The van der Waals surface area contributed by atoms with Crippen LogP contribution in [0.5, 0.6) is 0 Å². The maximum absolute atomic E-state index is 9.34. The van der Waals surface area contributed by atoms with Gasteiger partial charge in [0.25, 0.3) is 0 Å². The normalized spacial score (nSPS) is 29.0. The monoisotopic (exact) mass is 198 g/mol. The molecule has 0 amide bonds. The number of rotatable bonds is 3. The molecule has 0 aliphatic carbocycles. The standard InChI is InChI=1S/C11H22N2O/c1-5-6-13-10(8-14)7-12(4)9-11(13,2)3/h5,10,14H,1,6-9H2,2-4H3. The highest BCUT2D eigenvalue weighted by molar-refractivity contribution is 4.96. The molecule has 3 heteroatoms. The summed E-state index contributed by atoms with van der Waals surface area (Å²) < 4.78 is 0. The number of hydrogen-bond acceptors (Lipinski definition) is 3. The lowest BCUT2D eigenvalue weighted by Crippen LogP contribution is -2.64. The molecule has 1 atom stereocenters. The molecule has 0 spiro atoms. The molecular formula is C11H22N2O. The summed E-state index contributed by atoms with van der Waals surface area (Å²) in [6, 6.07) is 0.238. The Hall–Kier alpha value is -0.380. The van der Waals surface area contributed by atoms with Crippen LogP contribution in [0.4, 0.5) is 0 Å². The maximum atomic E-state index is 9.34. The van der Waals surface area contributed by atoms with Crippen LogP contribution in [0, 0.1) is 0 Å². The maximum Gasteiger partial charge on any atom is 0.0599 e. The summed E-state index contributed by atoms with van der Waals surface area (Å²) in [5, 5.41) is 9.34. The molecule has 3 nitrogen and oxygen atoms in total. The molecule has 0 radical (unpaired) electrons. The molecule has 1 heterocycles. The third kappa shape index (κ3) is 2.35. The molecule has 1 aliphatic heterocycles. The van der Waals surface area contributed by atoms with Gasteiger partial charge in [0.2, 0.25) is 0 Å². The summed E-state index contributed by atoms with van der Waals surface area (Å²) in [6.45, 7) is 11.3. The summed E-state index contributed by atoms with van der Waals surface area (Å²) in [4.78, 5) is 4.61. The van der Waals surface area contributed by atoms with Gasteiger partial charge in [-0.1, -0.05) is 6.08 Å². The lowest BCUT2D eigenvalue weighted by molar-refractivity contribution is -0.0279. The smallest absolute Gasteiger partial charge is 0.0599 e. The summed E-state index contributed by atoms with van der Waals surface area (Å²) in [6.07, 6.45) is 1.91. The van der Waals surface area contributed by atoms with Crippen LogP contribution in [-0.2, 0) is 0 Å². The largest absolute Gasteiger partial charge is 0.395 e. The van der Waals surface area contributed by atoms with Gasteiger partial charge in [-0.05, 0) is 20.9 Å². The lowest BCUT2D eigenvalue weighted by atomic mass is 9.95. The third-order valence-electron chi connectivity index (χ3n) is 2.93. The van der Waals surface area contributed by atoms with Gasteiger partial charge in [-0.25, -0.2) is 0 Å². The second-order valence-electron chi connectivity index (χ2n) is 4.79. The van der Waals surface area contributed by atoms with Crippen molar-refractivity contribution in [3.8, 4) is 0 Å². The highest BCUT2D eigenvalue weighted by Gasteiger charge is 2.37. The average molecular weight is 198 g/mol. The lowest BCUT2D eigenvalue weighted by Gasteiger charge is -2.50. The van der Waals surface area contributed by atoms with E-state index in [1.165, 1.54) is 0 Å². The van der Waals surface area contributed by atoms with Crippen LogP contribution in [-0.4, -0.2) is 59.8 Å². The minimum Gasteiger partial charge on any atom is -0.395 e. The van der Waals surface area contributed by atoms with Crippen molar-refractivity contribution in [3.05, 3.63) is 12.7 Å². The number of likely N-dealkylation sites (N-methyl/N-ethyl adjacent to an activating group) is 1. The highest BCUT2D eigenvalue weighted by atomic mass is 16.3. The van der Waals surface area contributed by atoms with Gasteiger partial charge in [0.05, 0.1) is 6.61 Å². The minimum absolute atomic E-state index is 0.120. The molecule has 0 bridgehead atoms. The molecule has 0 saturated carbocycles. The number of aliphatic hydroxyl groups is 1. The van der Waals surface area contributed by atoms with E-state index in [2.05, 4.69) is 37.3 Å². The van der Waals surface area contributed by atoms with Gasteiger partial charge in [0.1, 0.15) is 0 Å². The number of hydrogen-bond donors (Lipinski definition) is 1. The zero-order valence-electron chi connectivity index (χ0n) is 9.53. The first kappa shape index (κ1) is 11.7. The number of nitrogens with zero attached hydrogens (tertiary/aromatic N) is 2. The predicted octanol–water partition coefficient (Wildman–Crippen LogP) is 0.559. The molecule has 0 aromatic heterocycles. The first-order valence-corrected chi connectivity index (χ1v) is 5.18. The van der Waals surface area contributed by atoms with Gasteiger partial charge in [-0.3, -0.25) is 4.90 Å². The van der Waals surface area contributed by atoms with Crippen molar-refractivity contribution >= 4 is 0 Å². The Bertz CT molecular complexity index is 203. The molecule has 0 aromatic rings. The molecule has 1 unspecified atom stereocenters. The number of piperazine rings is 1. The second kappa shape index (κ2) is 4.43. The average Bonchev–Trinajstić information content (AvgIpc) is 2.08. The fourth-order valence-electron chi connectivity index (χ4n) is 2.46. The van der Waals surface area contributed by atoms with E-state index >= 15 is 0 Å². The molecular weight excluding hydrogens is 176 g/mol. The van der Waals surface area contributed by atoms with E-state index in [9.17, 15) is 5.11 Å². The van der Waals surface area contributed by atoms with Crippen LogP contribution in [0.3, 0.4) is 0 Å². The van der Waals surface area contributed by atoms with Gasteiger partial charge in [-0.2, -0.15) is 0 Å². The zero-order valence-corrected chi connectivity index (χ0v) is 9.53. The van der Waals surface area contributed by atoms with Crippen LogP contribution >= 0.6 is 0 Å². The summed E-state index contributed by atoms with van der Waals surface area (Å²) in [7, 11) is 2.11. The topological polar surface area (TPSA) is 26.7 Å². The Morgan fingerprint density at radius 3 is 2.71 bits per heavy atom. The van der Waals surface area contributed by atoms with Gasteiger partial charge in [0, 0.05) is 31.2 Å². The van der Waals surface area contributed by atoms with Crippen LogP contribution < -0.4 is 0 Å². The fraction of sp³-hybridized carbons (Fsp3) is 0.818. The van der Waals surface area contributed by atoms with Crippen molar-refractivity contribution < 1.29 is 5.11 Å². The summed E-state index contributed by atoms with van der Waals surface area (Å²) in [5.41, 5.74) is 0.120. The van der Waals surface area contributed by atoms with Crippen LogP contribution in [0.15, 0.2) is 12.7 Å². The first-order valence-electron chi connectivity index (χ1n) is 5.18. The highest BCUT2D eigenvalue weighted by Crippen LogP contribution is 2.23. The van der Waals surface area contributed by atoms with Gasteiger partial charge < -0.3 is 10.0 Å². The molecule has 1 N–H and O–H groups in total.